The highest BCUT2D eigenvalue weighted by molar-refractivity contribution is 4.94. The van der Waals surface area contributed by atoms with Crippen LogP contribution < -0.4 is 5.32 Å². The number of aromatic nitrogens is 2. The van der Waals surface area contributed by atoms with Crippen molar-refractivity contribution in [3.05, 3.63) is 18.2 Å². The zero-order chi connectivity index (χ0) is 11.3. The van der Waals surface area contributed by atoms with Crippen LogP contribution in [0, 0.1) is 0 Å². The second-order valence-electron chi connectivity index (χ2n) is 4.15. The van der Waals surface area contributed by atoms with Gasteiger partial charge >= 0.3 is 0 Å². The number of hydrogen-bond donors (Lipinski definition) is 1. The molecule has 0 saturated carbocycles. The van der Waals surface area contributed by atoms with E-state index < -0.39 is 0 Å². The minimum Gasteiger partial charge on any atom is -0.332 e. The fourth-order valence-corrected chi connectivity index (χ4v) is 2.08. The van der Waals surface area contributed by atoms with Gasteiger partial charge in [0.1, 0.15) is 5.82 Å². The highest BCUT2D eigenvalue weighted by atomic mass is 15.1. The Kier molecular flexibility index (Phi) is 4.82. The van der Waals surface area contributed by atoms with Crippen molar-refractivity contribution in [1.29, 1.82) is 0 Å². The number of nitrogens with one attached hydrogen (secondary N) is 1. The van der Waals surface area contributed by atoms with E-state index in [4.69, 9.17) is 0 Å². The molecule has 3 nitrogen and oxygen atoms in total. The predicted molar refractivity (Wildman–Crippen MR) is 64.1 cm³/mol. The summed E-state index contributed by atoms with van der Waals surface area (Å²) < 4.78 is 2.29. The molecule has 3 heteroatoms. The Bertz CT molecular complexity index is 280. The van der Waals surface area contributed by atoms with E-state index in [1.54, 1.807) is 0 Å². The average molecular weight is 209 g/mol. The van der Waals surface area contributed by atoms with E-state index in [1.807, 2.05) is 6.20 Å². The molecule has 86 valence electrons. The first-order chi connectivity index (χ1) is 7.19. The largest absolute Gasteiger partial charge is 0.332 e. The molecule has 0 radical (unpaired) electrons. The van der Waals surface area contributed by atoms with E-state index in [0.717, 1.165) is 19.4 Å². The van der Waals surface area contributed by atoms with Crippen LogP contribution in [0.5, 0.6) is 0 Å². The molecule has 0 amide bonds. The SMILES string of the molecule is CCNC(C)CC(C)n1ccnc1CC. The summed E-state index contributed by atoms with van der Waals surface area (Å²) in [5.41, 5.74) is 0. The van der Waals surface area contributed by atoms with Crippen LogP contribution in [0.3, 0.4) is 0 Å². The maximum Gasteiger partial charge on any atom is 0.108 e. The molecule has 0 fully saturated rings. The van der Waals surface area contributed by atoms with Crippen LogP contribution in [-0.2, 0) is 6.42 Å². The van der Waals surface area contributed by atoms with Crippen LogP contribution in [-0.4, -0.2) is 22.1 Å². The van der Waals surface area contributed by atoms with Crippen molar-refractivity contribution in [2.24, 2.45) is 0 Å². The molecule has 1 N–H and O–H groups in total. The van der Waals surface area contributed by atoms with Crippen molar-refractivity contribution in [1.82, 2.24) is 14.9 Å². The summed E-state index contributed by atoms with van der Waals surface area (Å²) in [5, 5.41) is 3.44. The van der Waals surface area contributed by atoms with Gasteiger partial charge in [-0.2, -0.15) is 0 Å². The molecule has 0 bridgehead atoms. The summed E-state index contributed by atoms with van der Waals surface area (Å²) in [6.07, 6.45) is 6.14. The third kappa shape index (κ3) is 3.34. The molecular formula is C12H23N3. The zero-order valence-corrected chi connectivity index (χ0v) is 10.3. The van der Waals surface area contributed by atoms with E-state index in [9.17, 15) is 0 Å². The van der Waals surface area contributed by atoms with Crippen LogP contribution in [0.15, 0.2) is 12.4 Å². The molecule has 2 atom stereocenters. The van der Waals surface area contributed by atoms with Gasteiger partial charge in [0, 0.05) is 30.9 Å². The Hall–Kier alpha value is -0.830. The van der Waals surface area contributed by atoms with E-state index in [2.05, 4.69) is 48.8 Å². The molecule has 0 aliphatic rings. The van der Waals surface area contributed by atoms with Gasteiger partial charge in [-0.15, -0.1) is 0 Å². The van der Waals surface area contributed by atoms with Crippen molar-refractivity contribution in [2.45, 2.75) is 52.6 Å². The monoisotopic (exact) mass is 209 g/mol. The third-order valence-corrected chi connectivity index (χ3v) is 2.79. The lowest BCUT2D eigenvalue weighted by molar-refractivity contribution is 0.411. The molecule has 0 aliphatic carbocycles. The second-order valence-corrected chi connectivity index (χ2v) is 4.15. The molecule has 15 heavy (non-hydrogen) atoms. The Morgan fingerprint density at radius 3 is 2.73 bits per heavy atom. The maximum absolute atomic E-state index is 4.35. The van der Waals surface area contributed by atoms with Crippen molar-refractivity contribution in [2.75, 3.05) is 6.54 Å². The Morgan fingerprint density at radius 2 is 2.13 bits per heavy atom. The van der Waals surface area contributed by atoms with Crippen LogP contribution in [0.2, 0.25) is 0 Å². The molecule has 0 spiro atoms. The van der Waals surface area contributed by atoms with Crippen LogP contribution in [0.4, 0.5) is 0 Å². The smallest absolute Gasteiger partial charge is 0.108 e. The van der Waals surface area contributed by atoms with E-state index >= 15 is 0 Å². The molecule has 0 aromatic carbocycles. The van der Waals surface area contributed by atoms with Gasteiger partial charge in [0.25, 0.3) is 0 Å². The number of imidazole rings is 1. The van der Waals surface area contributed by atoms with Crippen molar-refractivity contribution >= 4 is 0 Å². The van der Waals surface area contributed by atoms with Gasteiger partial charge in [0.15, 0.2) is 0 Å². The molecule has 1 rings (SSSR count). The van der Waals surface area contributed by atoms with E-state index in [-0.39, 0.29) is 0 Å². The number of nitrogens with zero attached hydrogens (tertiary/aromatic N) is 2. The lowest BCUT2D eigenvalue weighted by atomic mass is 10.1. The Balaban J connectivity index is 2.56. The summed E-state index contributed by atoms with van der Waals surface area (Å²) in [7, 11) is 0. The molecular weight excluding hydrogens is 186 g/mol. The highest BCUT2D eigenvalue weighted by Gasteiger charge is 2.11. The topological polar surface area (TPSA) is 29.9 Å². The van der Waals surface area contributed by atoms with Gasteiger partial charge in [-0.25, -0.2) is 4.98 Å². The van der Waals surface area contributed by atoms with Gasteiger partial charge in [-0.05, 0) is 26.8 Å². The molecule has 2 unspecified atom stereocenters. The molecule has 1 aromatic rings. The first kappa shape index (κ1) is 12.2. The van der Waals surface area contributed by atoms with Crippen molar-refractivity contribution < 1.29 is 0 Å². The zero-order valence-electron chi connectivity index (χ0n) is 10.3. The fourth-order valence-electron chi connectivity index (χ4n) is 2.08. The lowest BCUT2D eigenvalue weighted by Gasteiger charge is -2.20. The standard InChI is InChI=1S/C12H23N3/c1-5-12-14-7-8-15(12)11(4)9-10(3)13-6-2/h7-8,10-11,13H,5-6,9H2,1-4H3. The summed E-state index contributed by atoms with van der Waals surface area (Å²) in [6.45, 7) is 9.84. The fraction of sp³-hybridized carbons (Fsp3) is 0.750. The molecule has 1 aromatic heterocycles. The quantitative estimate of drug-likeness (QED) is 0.779. The first-order valence-electron chi connectivity index (χ1n) is 5.94. The lowest BCUT2D eigenvalue weighted by Crippen LogP contribution is -2.28. The van der Waals surface area contributed by atoms with E-state index in [1.165, 1.54) is 5.82 Å². The van der Waals surface area contributed by atoms with Gasteiger partial charge in [-0.3, -0.25) is 0 Å². The van der Waals surface area contributed by atoms with Crippen LogP contribution in [0.25, 0.3) is 0 Å². The second kappa shape index (κ2) is 5.91. The summed E-state index contributed by atoms with van der Waals surface area (Å²) >= 11 is 0. The third-order valence-electron chi connectivity index (χ3n) is 2.79. The average Bonchev–Trinajstić information content (AvgIpc) is 2.65. The maximum atomic E-state index is 4.35. The van der Waals surface area contributed by atoms with Gasteiger partial charge in [0.2, 0.25) is 0 Å². The van der Waals surface area contributed by atoms with Crippen molar-refractivity contribution in [3.63, 3.8) is 0 Å². The van der Waals surface area contributed by atoms with Gasteiger partial charge in [-0.1, -0.05) is 13.8 Å². The summed E-state index contributed by atoms with van der Waals surface area (Å²) in [5.74, 6) is 1.19. The number of rotatable bonds is 6. The van der Waals surface area contributed by atoms with Crippen molar-refractivity contribution in [3.8, 4) is 0 Å². The highest BCUT2D eigenvalue weighted by Crippen LogP contribution is 2.15. The molecule has 0 saturated heterocycles. The molecule has 1 heterocycles. The minimum atomic E-state index is 0.525. The van der Waals surface area contributed by atoms with Crippen LogP contribution in [0.1, 0.15) is 46.0 Å². The van der Waals surface area contributed by atoms with Gasteiger partial charge in [0.05, 0.1) is 0 Å². The Labute approximate surface area is 92.9 Å². The number of hydrogen-bond acceptors (Lipinski definition) is 2. The van der Waals surface area contributed by atoms with Crippen LogP contribution >= 0.6 is 0 Å². The normalized spacial score (nSPS) is 15.2. The first-order valence-corrected chi connectivity index (χ1v) is 5.94. The minimum absolute atomic E-state index is 0.525. The Morgan fingerprint density at radius 1 is 1.40 bits per heavy atom. The summed E-state index contributed by atoms with van der Waals surface area (Å²) in [6, 6.07) is 1.09. The summed E-state index contributed by atoms with van der Waals surface area (Å²) in [4.78, 5) is 4.35. The predicted octanol–water partition coefficient (Wildman–Crippen LogP) is 2.39. The van der Waals surface area contributed by atoms with E-state index in [0.29, 0.717) is 12.1 Å². The number of aryl methyl sites for hydroxylation is 1. The molecule has 0 aliphatic heterocycles. The van der Waals surface area contributed by atoms with Gasteiger partial charge < -0.3 is 9.88 Å².